The maximum Gasteiger partial charge on any atom is 0.234 e. The van der Waals surface area contributed by atoms with E-state index in [2.05, 4.69) is 29.3 Å². The number of likely N-dealkylation sites (tertiary alicyclic amines) is 1. The van der Waals surface area contributed by atoms with Crippen LogP contribution in [0.3, 0.4) is 0 Å². The molecule has 0 unspecified atom stereocenters. The Morgan fingerprint density at radius 2 is 2.24 bits per heavy atom. The highest BCUT2D eigenvalue weighted by molar-refractivity contribution is 5.78. The van der Waals surface area contributed by atoms with Crippen molar-refractivity contribution in [1.82, 2.24) is 10.2 Å². The molecule has 0 bridgehead atoms. The minimum Gasteiger partial charge on any atom is -0.384 e. The number of piperidine rings is 1. The van der Waals surface area contributed by atoms with Crippen LogP contribution in [0.25, 0.3) is 0 Å². The van der Waals surface area contributed by atoms with Crippen molar-refractivity contribution < 1.29 is 9.53 Å². The Labute approximate surface area is 127 Å². The number of benzene rings is 1. The summed E-state index contributed by atoms with van der Waals surface area (Å²) in [5.74, 6) is 0.671. The molecule has 2 rings (SSSR count). The lowest BCUT2D eigenvalue weighted by molar-refractivity contribution is -0.122. The summed E-state index contributed by atoms with van der Waals surface area (Å²) in [4.78, 5) is 14.3. The first-order valence-electron chi connectivity index (χ1n) is 7.71. The number of hydrogen-bond donors (Lipinski definition) is 1. The third-order valence-electron chi connectivity index (χ3n) is 4.11. The summed E-state index contributed by atoms with van der Waals surface area (Å²) in [6.07, 6.45) is 2.36. The van der Waals surface area contributed by atoms with E-state index in [0.29, 0.717) is 19.0 Å². The molecule has 1 amide bonds. The first kappa shape index (κ1) is 16.0. The van der Waals surface area contributed by atoms with E-state index < -0.39 is 0 Å². The second kappa shape index (κ2) is 8.15. The molecule has 4 nitrogen and oxygen atoms in total. The van der Waals surface area contributed by atoms with Gasteiger partial charge in [0.25, 0.3) is 0 Å². The van der Waals surface area contributed by atoms with Crippen molar-refractivity contribution in [2.45, 2.75) is 26.3 Å². The second-order valence-electron chi connectivity index (χ2n) is 5.90. The van der Waals surface area contributed by atoms with Crippen LogP contribution < -0.4 is 5.32 Å². The summed E-state index contributed by atoms with van der Waals surface area (Å²) in [7, 11) is 1.74. The molecule has 1 atom stereocenters. The molecule has 1 aliphatic heterocycles. The van der Waals surface area contributed by atoms with Crippen LogP contribution in [0.5, 0.6) is 0 Å². The fourth-order valence-electron chi connectivity index (χ4n) is 2.93. The Hall–Kier alpha value is -1.39. The van der Waals surface area contributed by atoms with E-state index in [4.69, 9.17) is 4.74 Å². The Bertz CT molecular complexity index is 460. The quantitative estimate of drug-likeness (QED) is 0.871. The summed E-state index contributed by atoms with van der Waals surface area (Å²) in [6, 6.07) is 8.16. The molecule has 1 saturated heterocycles. The molecule has 0 spiro atoms. The van der Waals surface area contributed by atoms with E-state index in [0.717, 1.165) is 26.1 Å². The summed E-state index contributed by atoms with van der Waals surface area (Å²) < 4.78 is 5.23. The second-order valence-corrected chi connectivity index (χ2v) is 5.90. The molecule has 21 heavy (non-hydrogen) atoms. The molecule has 1 aromatic carbocycles. The molecule has 0 aliphatic carbocycles. The van der Waals surface area contributed by atoms with Gasteiger partial charge < -0.3 is 10.1 Å². The molecular weight excluding hydrogens is 264 g/mol. The smallest absolute Gasteiger partial charge is 0.234 e. The van der Waals surface area contributed by atoms with Crippen LogP contribution in [0.2, 0.25) is 0 Å². The van der Waals surface area contributed by atoms with Crippen molar-refractivity contribution in [3.05, 3.63) is 35.4 Å². The lowest BCUT2D eigenvalue weighted by Crippen LogP contribution is -2.43. The molecule has 0 radical (unpaired) electrons. The predicted molar refractivity (Wildman–Crippen MR) is 84.1 cm³/mol. The highest BCUT2D eigenvalue weighted by Crippen LogP contribution is 2.16. The molecule has 1 heterocycles. The summed E-state index contributed by atoms with van der Waals surface area (Å²) in [5.41, 5.74) is 2.40. The van der Waals surface area contributed by atoms with Gasteiger partial charge >= 0.3 is 0 Å². The minimum absolute atomic E-state index is 0.108. The molecule has 1 aromatic rings. The average molecular weight is 290 g/mol. The number of rotatable bonds is 6. The third kappa shape index (κ3) is 5.14. The van der Waals surface area contributed by atoms with Gasteiger partial charge in [0.2, 0.25) is 5.91 Å². The number of hydrogen-bond acceptors (Lipinski definition) is 3. The van der Waals surface area contributed by atoms with Crippen LogP contribution in [0, 0.1) is 12.8 Å². The van der Waals surface area contributed by atoms with Crippen LogP contribution >= 0.6 is 0 Å². The van der Waals surface area contributed by atoms with Crippen molar-refractivity contribution in [2.75, 3.05) is 33.4 Å². The summed E-state index contributed by atoms with van der Waals surface area (Å²) >= 11 is 0. The maximum atomic E-state index is 12.1. The Kier molecular flexibility index (Phi) is 6.21. The standard InChI is InChI=1S/C17H26N2O2/c1-14-6-3-4-8-16(14)10-18-17(20)12-19-9-5-7-15(11-19)13-21-2/h3-4,6,8,15H,5,7,9-13H2,1-2H3,(H,18,20)/t15-/m1/s1. The van der Waals surface area contributed by atoms with Crippen LogP contribution in [0.15, 0.2) is 24.3 Å². The Morgan fingerprint density at radius 1 is 1.43 bits per heavy atom. The molecule has 1 N–H and O–H groups in total. The van der Waals surface area contributed by atoms with E-state index in [1.807, 2.05) is 12.1 Å². The van der Waals surface area contributed by atoms with Gasteiger partial charge in [-0.25, -0.2) is 0 Å². The zero-order valence-corrected chi connectivity index (χ0v) is 13.1. The van der Waals surface area contributed by atoms with Gasteiger partial charge in [0.15, 0.2) is 0 Å². The fourth-order valence-corrected chi connectivity index (χ4v) is 2.93. The van der Waals surface area contributed by atoms with E-state index in [9.17, 15) is 4.79 Å². The van der Waals surface area contributed by atoms with Gasteiger partial charge in [-0.05, 0) is 43.4 Å². The van der Waals surface area contributed by atoms with Gasteiger partial charge in [-0.3, -0.25) is 9.69 Å². The topological polar surface area (TPSA) is 41.6 Å². The Morgan fingerprint density at radius 3 is 3.00 bits per heavy atom. The van der Waals surface area contributed by atoms with E-state index in [1.165, 1.54) is 17.5 Å². The monoisotopic (exact) mass is 290 g/mol. The van der Waals surface area contributed by atoms with Gasteiger partial charge in [0.1, 0.15) is 0 Å². The number of ether oxygens (including phenoxy) is 1. The van der Waals surface area contributed by atoms with Gasteiger partial charge in [0.05, 0.1) is 13.2 Å². The van der Waals surface area contributed by atoms with E-state index in [1.54, 1.807) is 7.11 Å². The third-order valence-corrected chi connectivity index (χ3v) is 4.11. The van der Waals surface area contributed by atoms with Crippen molar-refractivity contribution in [2.24, 2.45) is 5.92 Å². The molecule has 4 heteroatoms. The number of methoxy groups -OCH3 is 1. The van der Waals surface area contributed by atoms with Gasteiger partial charge in [0, 0.05) is 20.2 Å². The predicted octanol–water partition coefficient (Wildman–Crippen LogP) is 1.97. The maximum absolute atomic E-state index is 12.1. The zero-order valence-electron chi connectivity index (χ0n) is 13.1. The molecule has 116 valence electrons. The summed E-state index contributed by atoms with van der Waals surface area (Å²) in [6.45, 7) is 5.94. The lowest BCUT2D eigenvalue weighted by atomic mass is 9.99. The number of carbonyl (C=O) groups excluding carboxylic acids is 1. The first-order chi connectivity index (χ1) is 10.2. The van der Waals surface area contributed by atoms with E-state index >= 15 is 0 Å². The number of carbonyl (C=O) groups is 1. The van der Waals surface area contributed by atoms with Crippen molar-refractivity contribution >= 4 is 5.91 Å². The Balaban J connectivity index is 1.75. The molecule has 1 fully saturated rings. The molecular formula is C17H26N2O2. The van der Waals surface area contributed by atoms with Crippen molar-refractivity contribution in [3.8, 4) is 0 Å². The fraction of sp³-hybridized carbons (Fsp3) is 0.588. The largest absolute Gasteiger partial charge is 0.384 e. The van der Waals surface area contributed by atoms with Crippen LogP contribution in [0.4, 0.5) is 0 Å². The number of amides is 1. The minimum atomic E-state index is 0.108. The van der Waals surface area contributed by atoms with Gasteiger partial charge in [-0.2, -0.15) is 0 Å². The average Bonchev–Trinajstić information content (AvgIpc) is 2.47. The highest BCUT2D eigenvalue weighted by atomic mass is 16.5. The molecule has 0 saturated carbocycles. The molecule has 1 aliphatic rings. The normalized spacial score (nSPS) is 19.4. The summed E-state index contributed by atoms with van der Waals surface area (Å²) in [5, 5.41) is 3.02. The van der Waals surface area contributed by atoms with Crippen LogP contribution in [-0.2, 0) is 16.1 Å². The van der Waals surface area contributed by atoms with Crippen LogP contribution in [-0.4, -0.2) is 44.2 Å². The SMILES string of the molecule is COC[C@@H]1CCCN(CC(=O)NCc2ccccc2C)C1. The van der Waals surface area contributed by atoms with Gasteiger partial charge in [-0.15, -0.1) is 0 Å². The van der Waals surface area contributed by atoms with E-state index in [-0.39, 0.29) is 5.91 Å². The molecule has 0 aromatic heterocycles. The number of nitrogens with zero attached hydrogens (tertiary/aromatic N) is 1. The van der Waals surface area contributed by atoms with Crippen LogP contribution in [0.1, 0.15) is 24.0 Å². The number of nitrogens with one attached hydrogen (secondary N) is 1. The lowest BCUT2D eigenvalue weighted by Gasteiger charge is -2.31. The number of aryl methyl sites for hydroxylation is 1. The van der Waals surface area contributed by atoms with Crippen molar-refractivity contribution in [1.29, 1.82) is 0 Å². The zero-order chi connectivity index (χ0) is 15.1. The van der Waals surface area contributed by atoms with Crippen molar-refractivity contribution in [3.63, 3.8) is 0 Å². The van der Waals surface area contributed by atoms with Gasteiger partial charge in [-0.1, -0.05) is 24.3 Å². The highest BCUT2D eigenvalue weighted by Gasteiger charge is 2.21. The first-order valence-corrected chi connectivity index (χ1v) is 7.71.